The molecule has 0 bridgehead atoms. The minimum Gasteiger partial charge on any atom is -0.307 e. The lowest BCUT2D eigenvalue weighted by Crippen LogP contribution is -2.20. The van der Waals surface area contributed by atoms with Gasteiger partial charge in [0, 0.05) is 16.5 Å². The second-order valence-corrected chi connectivity index (χ2v) is 6.62. The molecule has 27 heavy (non-hydrogen) atoms. The molecule has 1 unspecified atom stereocenters. The molecular weight excluding hydrogens is 332 g/mol. The summed E-state index contributed by atoms with van der Waals surface area (Å²) < 4.78 is 4.60. The van der Waals surface area contributed by atoms with E-state index in [2.05, 4.69) is 99.0 Å². The van der Waals surface area contributed by atoms with Crippen molar-refractivity contribution in [2.24, 2.45) is 4.99 Å². The molecule has 2 aromatic heterocycles. The Hall–Kier alpha value is -3.37. The van der Waals surface area contributed by atoms with Crippen molar-refractivity contribution in [1.29, 1.82) is 0 Å². The maximum Gasteiger partial charge on any atom is 0.179 e. The lowest BCUT2D eigenvalue weighted by atomic mass is 10.2. The minimum atomic E-state index is -0.234. The quantitative estimate of drug-likeness (QED) is 0.448. The van der Waals surface area contributed by atoms with E-state index in [0.29, 0.717) is 0 Å². The van der Waals surface area contributed by atoms with Gasteiger partial charge in [0.1, 0.15) is 0 Å². The summed E-state index contributed by atoms with van der Waals surface area (Å²) in [5.41, 5.74) is 5.85. The van der Waals surface area contributed by atoms with Crippen molar-refractivity contribution in [3.05, 3.63) is 78.9 Å². The van der Waals surface area contributed by atoms with Crippen molar-refractivity contribution >= 4 is 39.6 Å². The van der Waals surface area contributed by atoms with Crippen LogP contribution in [0.5, 0.6) is 0 Å². The molecule has 4 heteroatoms. The number of benzene rings is 3. The Labute approximate surface area is 157 Å². The average molecular weight is 352 g/mol. The van der Waals surface area contributed by atoms with Crippen LogP contribution in [0.25, 0.3) is 38.5 Å². The molecule has 0 aliphatic rings. The maximum absolute atomic E-state index is 4.33. The highest BCUT2D eigenvalue weighted by molar-refractivity contribution is 6.19. The standard InChI is InChI=1S/C23H20N4/c1-24-23(25-2)27-20-15-9-7-13-18(20)21-22(27)17-12-6-8-14-19(17)26(21)16-10-4-3-5-11-16/h3-15,23,25H,1H2,2H3. The highest BCUT2D eigenvalue weighted by atomic mass is 15.3. The van der Waals surface area contributed by atoms with Gasteiger partial charge < -0.3 is 9.13 Å². The molecule has 0 amide bonds. The highest BCUT2D eigenvalue weighted by Gasteiger charge is 2.23. The number of nitrogens with zero attached hydrogens (tertiary/aromatic N) is 3. The number of hydrogen-bond donors (Lipinski definition) is 1. The van der Waals surface area contributed by atoms with Crippen LogP contribution in [-0.4, -0.2) is 22.9 Å². The molecule has 0 aliphatic heterocycles. The highest BCUT2D eigenvalue weighted by Crippen LogP contribution is 2.40. The fourth-order valence-electron chi connectivity index (χ4n) is 4.12. The van der Waals surface area contributed by atoms with Crippen LogP contribution in [0.3, 0.4) is 0 Å². The van der Waals surface area contributed by atoms with E-state index in [0.717, 1.165) is 11.2 Å². The SMILES string of the molecule is C=NC(NC)n1c2ccccc2c2c1c1ccccc1n2-c1ccccc1. The van der Waals surface area contributed by atoms with E-state index in [1.165, 1.54) is 27.3 Å². The molecule has 5 rings (SSSR count). The summed E-state index contributed by atoms with van der Waals surface area (Å²) in [5.74, 6) is 0. The molecule has 0 saturated heterocycles. The van der Waals surface area contributed by atoms with Crippen molar-refractivity contribution in [1.82, 2.24) is 14.5 Å². The lowest BCUT2D eigenvalue weighted by molar-refractivity contribution is 0.486. The van der Waals surface area contributed by atoms with Gasteiger partial charge in [-0.05, 0) is 38.0 Å². The van der Waals surface area contributed by atoms with Gasteiger partial charge >= 0.3 is 0 Å². The van der Waals surface area contributed by atoms with E-state index >= 15 is 0 Å². The van der Waals surface area contributed by atoms with Gasteiger partial charge in [-0.3, -0.25) is 10.3 Å². The molecule has 3 aromatic carbocycles. The molecule has 0 aliphatic carbocycles. The Morgan fingerprint density at radius 1 is 0.778 bits per heavy atom. The molecule has 0 radical (unpaired) electrons. The molecule has 1 N–H and O–H groups in total. The van der Waals surface area contributed by atoms with Gasteiger partial charge in [0.15, 0.2) is 6.29 Å². The molecule has 1 atom stereocenters. The molecule has 0 spiro atoms. The van der Waals surface area contributed by atoms with Crippen LogP contribution in [0.4, 0.5) is 0 Å². The third kappa shape index (κ3) is 2.17. The summed E-state index contributed by atoms with van der Waals surface area (Å²) in [6.07, 6.45) is -0.234. The van der Waals surface area contributed by atoms with Crippen LogP contribution >= 0.6 is 0 Å². The van der Waals surface area contributed by atoms with Gasteiger partial charge in [-0.25, -0.2) is 0 Å². The van der Waals surface area contributed by atoms with Gasteiger partial charge in [0.25, 0.3) is 0 Å². The van der Waals surface area contributed by atoms with Crippen LogP contribution in [0.15, 0.2) is 83.9 Å². The summed E-state index contributed by atoms with van der Waals surface area (Å²) in [7, 11) is 1.91. The number of rotatable bonds is 4. The van der Waals surface area contributed by atoms with Crippen molar-refractivity contribution in [2.75, 3.05) is 7.05 Å². The first-order valence-electron chi connectivity index (χ1n) is 9.05. The number of fused-ring (bicyclic) bond motifs is 5. The van der Waals surface area contributed by atoms with Crippen molar-refractivity contribution in [3.63, 3.8) is 0 Å². The molecule has 0 fully saturated rings. The second-order valence-electron chi connectivity index (χ2n) is 6.62. The summed E-state index contributed by atoms with van der Waals surface area (Å²) in [6.45, 7) is 3.81. The van der Waals surface area contributed by atoms with E-state index in [4.69, 9.17) is 0 Å². The third-order valence-electron chi connectivity index (χ3n) is 5.20. The van der Waals surface area contributed by atoms with Gasteiger partial charge in [-0.2, -0.15) is 0 Å². The predicted octanol–water partition coefficient (Wildman–Crippen LogP) is 5.11. The fraction of sp³-hybridized carbons (Fsp3) is 0.0870. The van der Waals surface area contributed by atoms with Gasteiger partial charge in [-0.1, -0.05) is 54.6 Å². The number of hydrogen-bond acceptors (Lipinski definition) is 2. The Kier molecular flexibility index (Phi) is 3.59. The van der Waals surface area contributed by atoms with E-state index in [1.54, 1.807) is 0 Å². The molecule has 5 aromatic rings. The summed E-state index contributed by atoms with van der Waals surface area (Å²) in [4.78, 5) is 4.33. The van der Waals surface area contributed by atoms with Gasteiger partial charge in [0.2, 0.25) is 0 Å². The monoisotopic (exact) mass is 352 g/mol. The summed E-state index contributed by atoms with van der Waals surface area (Å²) in [6, 6.07) is 27.6. The molecule has 2 heterocycles. The van der Waals surface area contributed by atoms with Crippen molar-refractivity contribution in [3.8, 4) is 5.69 Å². The Morgan fingerprint density at radius 2 is 1.37 bits per heavy atom. The minimum absolute atomic E-state index is 0.234. The number of aromatic nitrogens is 2. The normalized spacial score (nSPS) is 12.8. The largest absolute Gasteiger partial charge is 0.307 e. The third-order valence-corrected chi connectivity index (χ3v) is 5.20. The Balaban J connectivity index is 2.07. The van der Waals surface area contributed by atoms with Crippen LogP contribution in [0, 0.1) is 0 Å². The lowest BCUT2D eigenvalue weighted by Gasteiger charge is -2.15. The van der Waals surface area contributed by atoms with Crippen molar-refractivity contribution < 1.29 is 0 Å². The smallest absolute Gasteiger partial charge is 0.179 e. The van der Waals surface area contributed by atoms with Crippen molar-refractivity contribution in [2.45, 2.75) is 6.29 Å². The van der Waals surface area contributed by atoms with Crippen LogP contribution in [-0.2, 0) is 0 Å². The zero-order chi connectivity index (χ0) is 18.4. The first-order valence-corrected chi connectivity index (χ1v) is 9.05. The van der Waals surface area contributed by atoms with Crippen LogP contribution < -0.4 is 5.32 Å². The first-order chi connectivity index (χ1) is 13.3. The Morgan fingerprint density at radius 3 is 2.04 bits per heavy atom. The fourth-order valence-corrected chi connectivity index (χ4v) is 4.12. The second kappa shape index (κ2) is 6.11. The van der Waals surface area contributed by atoms with E-state index in [9.17, 15) is 0 Å². The summed E-state index contributed by atoms with van der Waals surface area (Å²) >= 11 is 0. The van der Waals surface area contributed by atoms with Crippen LogP contribution in [0.1, 0.15) is 6.29 Å². The van der Waals surface area contributed by atoms with E-state index in [-0.39, 0.29) is 6.29 Å². The molecule has 4 nitrogen and oxygen atoms in total. The van der Waals surface area contributed by atoms with Crippen LogP contribution in [0.2, 0.25) is 0 Å². The zero-order valence-electron chi connectivity index (χ0n) is 15.1. The van der Waals surface area contributed by atoms with Gasteiger partial charge in [-0.15, -0.1) is 0 Å². The number of nitrogens with one attached hydrogen (secondary N) is 1. The Bertz CT molecular complexity index is 1270. The molecule has 0 saturated carbocycles. The number of para-hydroxylation sites is 3. The molecular formula is C23H20N4. The topological polar surface area (TPSA) is 34.2 Å². The first kappa shape index (κ1) is 15.9. The maximum atomic E-state index is 4.33. The van der Waals surface area contributed by atoms with E-state index in [1.807, 2.05) is 13.1 Å². The summed E-state index contributed by atoms with van der Waals surface area (Å²) in [5, 5.41) is 5.69. The van der Waals surface area contributed by atoms with E-state index < -0.39 is 0 Å². The zero-order valence-corrected chi connectivity index (χ0v) is 15.1. The number of aliphatic imine (C=N–C) groups is 1. The predicted molar refractivity (Wildman–Crippen MR) is 114 cm³/mol. The van der Waals surface area contributed by atoms with Gasteiger partial charge in [0.05, 0.1) is 22.1 Å². The molecule has 132 valence electrons. The average Bonchev–Trinajstić information content (AvgIpc) is 3.23.